The average Bonchev–Trinajstić information content (AvgIpc) is 3.08. The molecule has 1 aromatic heterocycles. The maximum Gasteiger partial charge on any atom is 0.411 e. The molecular weight excluding hydrogens is 388 g/mol. The van der Waals surface area contributed by atoms with Crippen LogP contribution in [0.3, 0.4) is 0 Å². The number of amides is 2. The van der Waals surface area contributed by atoms with Gasteiger partial charge < -0.3 is 4.74 Å². The maximum atomic E-state index is 12.5. The van der Waals surface area contributed by atoms with Crippen LogP contribution in [-0.4, -0.2) is 41.6 Å². The monoisotopic (exact) mass is 416 g/mol. The Morgan fingerprint density at radius 2 is 1.86 bits per heavy atom. The molecule has 1 aliphatic heterocycles. The Balaban J connectivity index is 1.54. The molecule has 0 saturated carbocycles. The smallest absolute Gasteiger partial charge is 0.411 e. The van der Waals surface area contributed by atoms with Gasteiger partial charge in [0.1, 0.15) is 0 Å². The predicted octanol–water partition coefficient (Wildman–Crippen LogP) is 4.44. The summed E-state index contributed by atoms with van der Waals surface area (Å²) in [5.74, 6) is 1.18. The standard InChI is InChI=1S/C21H28N4O3S/c1-4-28-21(27)23-17-7-5-16(6-8-17)19(26)24-20-22-18(13-29-20)12-25-10-14(2)9-15(3)11-25/h5-8,13-15H,4,9-12H2,1-3H3,(H,23,27)(H,22,24,26)/t14-,15+. The minimum Gasteiger partial charge on any atom is -0.450 e. The summed E-state index contributed by atoms with van der Waals surface area (Å²) in [5.41, 5.74) is 2.05. The van der Waals surface area contributed by atoms with Crippen LogP contribution < -0.4 is 10.6 Å². The van der Waals surface area contributed by atoms with Crippen LogP contribution >= 0.6 is 11.3 Å². The highest BCUT2D eigenvalue weighted by Crippen LogP contribution is 2.24. The van der Waals surface area contributed by atoms with E-state index in [1.54, 1.807) is 31.2 Å². The molecule has 29 heavy (non-hydrogen) atoms. The van der Waals surface area contributed by atoms with Crippen LogP contribution in [0.1, 0.15) is 43.2 Å². The van der Waals surface area contributed by atoms with Crippen molar-refractivity contribution in [1.29, 1.82) is 0 Å². The third-order valence-corrected chi connectivity index (χ3v) is 5.58. The second kappa shape index (κ2) is 9.84. The van der Waals surface area contributed by atoms with Gasteiger partial charge in [0.15, 0.2) is 5.13 Å². The number of nitrogens with one attached hydrogen (secondary N) is 2. The number of carbonyl (C=O) groups is 2. The van der Waals surface area contributed by atoms with Crippen LogP contribution in [0.2, 0.25) is 0 Å². The molecule has 0 aliphatic carbocycles. The van der Waals surface area contributed by atoms with E-state index in [0.29, 0.717) is 34.8 Å². The van der Waals surface area contributed by atoms with Gasteiger partial charge in [0.2, 0.25) is 0 Å². The van der Waals surface area contributed by atoms with Crippen molar-refractivity contribution in [1.82, 2.24) is 9.88 Å². The molecule has 2 aromatic rings. The number of aromatic nitrogens is 1. The van der Waals surface area contributed by atoms with Gasteiger partial charge in [0.05, 0.1) is 12.3 Å². The Morgan fingerprint density at radius 3 is 2.52 bits per heavy atom. The summed E-state index contributed by atoms with van der Waals surface area (Å²) in [7, 11) is 0. The van der Waals surface area contributed by atoms with Crippen LogP contribution in [0.25, 0.3) is 0 Å². The van der Waals surface area contributed by atoms with Gasteiger partial charge in [-0.2, -0.15) is 0 Å². The molecule has 1 saturated heterocycles. The fraction of sp³-hybridized carbons (Fsp3) is 0.476. The summed E-state index contributed by atoms with van der Waals surface area (Å²) >= 11 is 1.44. The van der Waals surface area contributed by atoms with Crippen molar-refractivity contribution in [3.63, 3.8) is 0 Å². The second-order valence-corrected chi connectivity index (χ2v) is 8.52. The minimum absolute atomic E-state index is 0.228. The number of thiazole rings is 1. The summed E-state index contributed by atoms with van der Waals surface area (Å²) in [5, 5.41) is 8.05. The van der Waals surface area contributed by atoms with Crippen molar-refractivity contribution < 1.29 is 14.3 Å². The van der Waals surface area contributed by atoms with Gasteiger partial charge in [0, 0.05) is 36.3 Å². The SMILES string of the molecule is CCOC(=O)Nc1ccc(C(=O)Nc2nc(CN3C[C@H](C)C[C@H](C)C3)cs2)cc1. The van der Waals surface area contributed by atoms with Gasteiger partial charge in [-0.3, -0.25) is 20.3 Å². The van der Waals surface area contributed by atoms with E-state index in [9.17, 15) is 9.59 Å². The first-order valence-corrected chi connectivity index (χ1v) is 10.8. The van der Waals surface area contributed by atoms with E-state index in [2.05, 4.69) is 34.4 Å². The molecule has 0 spiro atoms. The van der Waals surface area contributed by atoms with Gasteiger partial charge >= 0.3 is 6.09 Å². The summed E-state index contributed by atoms with van der Waals surface area (Å²) < 4.78 is 4.83. The van der Waals surface area contributed by atoms with Crippen LogP contribution in [0.5, 0.6) is 0 Å². The van der Waals surface area contributed by atoms with Crippen molar-refractivity contribution in [3.8, 4) is 0 Å². The summed E-state index contributed by atoms with van der Waals surface area (Å²) in [6, 6.07) is 6.64. The lowest BCUT2D eigenvalue weighted by Crippen LogP contribution is -2.38. The molecule has 2 N–H and O–H groups in total. The van der Waals surface area contributed by atoms with E-state index in [-0.39, 0.29) is 5.91 Å². The van der Waals surface area contributed by atoms with E-state index in [1.807, 2.05) is 5.38 Å². The Bertz CT molecular complexity index is 827. The lowest BCUT2D eigenvalue weighted by Gasteiger charge is -2.34. The van der Waals surface area contributed by atoms with Crippen molar-refractivity contribution in [2.45, 2.75) is 33.7 Å². The first-order valence-electron chi connectivity index (χ1n) is 9.95. The largest absolute Gasteiger partial charge is 0.450 e. The Labute approximate surface area is 175 Å². The fourth-order valence-electron chi connectivity index (χ4n) is 3.75. The number of benzene rings is 1. The number of carbonyl (C=O) groups excluding carboxylic acids is 2. The number of anilines is 2. The number of hydrogen-bond acceptors (Lipinski definition) is 6. The van der Waals surface area contributed by atoms with E-state index in [1.165, 1.54) is 17.8 Å². The van der Waals surface area contributed by atoms with Crippen molar-refractivity contribution in [2.75, 3.05) is 30.3 Å². The van der Waals surface area contributed by atoms with Gasteiger partial charge in [-0.25, -0.2) is 9.78 Å². The Kier molecular flexibility index (Phi) is 7.22. The molecular formula is C21H28N4O3S. The number of nitrogens with zero attached hydrogens (tertiary/aromatic N) is 2. The van der Waals surface area contributed by atoms with Crippen molar-refractivity contribution in [3.05, 3.63) is 40.9 Å². The maximum absolute atomic E-state index is 12.5. The highest BCUT2D eigenvalue weighted by atomic mass is 32.1. The molecule has 7 nitrogen and oxygen atoms in total. The molecule has 1 fully saturated rings. The second-order valence-electron chi connectivity index (χ2n) is 7.66. The Morgan fingerprint density at radius 1 is 1.17 bits per heavy atom. The zero-order valence-electron chi connectivity index (χ0n) is 17.1. The topological polar surface area (TPSA) is 83.6 Å². The van der Waals surface area contributed by atoms with Gasteiger partial charge in [-0.1, -0.05) is 13.8 Å². The molecule has 8 heteroatoms. The van der Waals surface area contributed by atoms with Crippen LogP contribution in [0.15, 0.2) is 29.6 Å². The molecule has 3 rings (SSSR count). The molecule has 0 bridgehead atoms. The van der Waals surface area contributed by atoms with E-state index < -0.39 is 6.09 Å². The number of likely N-dealkylation sites (tertiary alicyclic amines) is 1. The molecule has 1 aromatic carbocycles. The number of rotatable bonds is 6. The predicted molar refractivity (Wildman–Crippen MR) is 115 cm³/mol. The van der Waals surface area contributed by atoms with E-state index >= 15 is 0 Å². The molecule has 156 valence electrons. The van der Waals surface area contributed by atoms with Crippen LogP contribution in [-0.2, 0) is 11.3 Å². The zero-order valence-corrected chi connectivity index (χ0v) is 17.9. The number of hydrogen-bond donors (Lipinski definition) is 2. The lowest BCUT2D eigenvalue weighted by molar-refractivity contribution is 0.102. The highest BCUT2D eigenvalue weighted by molar-refractivity contribution is 7.13. The van der Waals surface area contributed by atoms with E-state index in [4.69, 9.17) is 4.74 Å². The molecule has 0 unspecified atom stereocenters. The molecule has 2 heterocycles. The highest BCUT2D eigenvalue weighted by Gasteiger charge is 2.22. The summed E-state index contributed by atoms with van der Waals surface area (Å²) in [4.78, 5) is 30.9. The van der Waals surface area contributed by atoms with E-state index in [0.717, 1.165) is 25.3 Å². The normalized spacial score (nSPS) is 19.6. The average molecular weight is 417 g/mol. The number of ether oxygens (including phenoxy) is 1. The third-order valence-electron chi connectivity index (χ3n) is 4.77. The first-order chi connectivity index (χ1) is 13.9. The quantitative estimate of drug-likeness (QED) is 0.727. The third kappa shape index (κ3) is 6.27. The summed E-state index contributed by atoms with van der Waals surface area (Å²) in [6.07, 6.45) is 0.765. The summed E-state index contributed by atoms with van der Waals surface area (Å²) in [6.45, 7) is 9.63. The molecule has 0 radical (unpaired) electrons. The van der Waals surface area contributed by atoms with Crippen molar-refractivity contribution >= 4 is 34.2 Å². The van der Waals surface area contributed by atoms with Gasteiger partial charge in [-0.05, 0) is 49.4 Å². The molecule has 1 aliphatic rings. The lowest BCUT2D eigenvalue weighted by atomic mass is 9.92. The van der Waals surface area contributed by atoms with Crippen LogP contribution in [0, 0.1) is 11.8 Å². The minimum atomic E-state index is -0.516. The number of piperidine rings is 1. The molecule has 2 amide bonds. The first kappa shape index (κ1) is 21.3. The fourth-order valence-corrected chi connectivity index (χ4v) is 4.44. The van der Waals surface area contributed by atoms with Gasteiger partial charge in [0.25, 0.3) is 5.91 Å². The van der Waals surface area contributed by atoms with Crippen LogP contribution in [0.4, 0.5) is 15.6 Å². The van der Waals surface area contributed by atoms with Crippen molar-refractivity contribution in [2.24, 2.45) is 11.8 Å². The van der Waals surface area contributed by atoms with Gasteiger partial charge in [-0.15, -0.1) is 11.3 Å². The zero-order chi connectivity index (χ0) is 20.8. The Hall–Kier alpha value is -2.45. The molecule has 2 atom stereocenters.